The minimum atomic E-state index is -0.649. The molecule has 5 heteroatoms. The van der Waals surface area contributed by atoms with E-state index in [1.807, 2.05) is 18.2 Å². The lowest BCUT2D eigenvalue weighted by Gasteiger charge is -2.38. The molecule has 0 aromatic heterocycles. The van der Waals surface area contributed by atoms with E-state index in [-0.39, 0.29) is 18.1 Å². The van der Waals surface area contributed by atoms with Gasteiger partial charge in [0.2, 0.25) is 0 Å². The molecule has 5 aliphatic rings. The van der Waals surface area contributed by atoms with E-state index in [4.69, 9.17) is 14.6 Å². The van der Waals surface area contributed by atoms with E-state index in [1.54, 1.807) is 7.11 Å². The summed E-state index contributed by atoms with van der Waals surface area (Å²) >= 11 is 0. The van der Waals surface area contributed by atoms with Crippen LogP contribution in [0.2, 0.25) is 0 Å². The lowest BCUT2D eigenvalue weighted by Crippen LogP contribution is -2.51. The summed E-state index contributed by atoms with van der Waals surface area (Å²) < 4.78 is 6.26. The van der Waals surface area contributed by atoms with Gasteiger partial charge in [-0.3, -0.25) is 14.6 Å². The minimum Gasteiger partial charge on any atom is -0.376 e. The Morgan fingerprint density at radius 2 is 2.25 bits per heavy atom. The molecule has 2 saturated heterocycles. The molecular formula is C19H22N2O3. The van der Waals surface area contributed by atoms with Crippen LogP contribution in [0.25, 0.3) is 0 Å². The average Bonchev–Trinajstić information content (AvgIpc) is 2.96. The molecule has 1 spiro atoms. The molecule has 0 N–H and O–H groups in total. The van der Waals surface area contributed by atoms with E-state index >= 15 is 0 Å². The number of nitrogens with zero attached hydrogens (tertiary/aromatic N) is 2. The molecule has 126 valence electrons. The van der Waals surface area contributed by atoms with Gasteiger partial charge in [0, 0.05) is 17.5 Å². The minimum absolute atomic E-state index is 0.0117. The Morgan fingerprint density at radius 3 is 3.04 bits per heavy atom. The number of anilines is 1. The van der Waals surface area contributed by atoms with Crippen LogP contribution in [0.5, 0.6) is 0 Å². The number of amides is 1. The maximum atomic E-state index is 13.4. The first kappa shape index (κ1) is 14.6. The molecule has 4 bridgehead atoms. The fourth-order valence-electron chi connectivity index (χ4n) is 5.46. The molecule has 0 radical (unpaired) electrons. The molecular weight excluding hydrogens is 304 g/mol. The SMILES string of the molecule is CCC1=N[C@H]2C[C@@]3(C(=O)N(OC)c4ccccc43)[C@@H]3CC1[C@@H]2CO3. The quantitative estimate of drug-likeness (QED) is 0.839. The van der Waals surface area contributed by atoms with Gasteiger partial charge in [0.15, 0.2) is 0 Å². The Kier molecular flexibility index (Phi) is 2.98. The van der Waals surface area contributed by atoms with Crippen LogP contribution >= 0.6 is 0 Å². The first-order valence-electron chi connectivity index (χ1n) is 8.87. The van der Waals surface area contributed by atoms with E-state index in [9.17, 15) is 4.79 Å². The predicted octanol–water partition coefficient (Wildman–Crippen LogP) is 2.49. The molecule has 3 fully saturated rings. The highest BCUT2D eigenvalue weighted by Gasteiger charge is 2.64. The molecule has 1 saturated carbocycles. The summed E-state index contributed by atoms with van der Waals surface area (Å²) in [7, 11) is 1.56. The number of para-hydroxylation sites is 1. The van der Waals surface area contributed by atoms with E-state index < -0.39 is 5.41 Å². The van der Waals surface area contributed by atoms with Gasteiger partial charge in [-0.25, -0.2) is 0 Å². The topological polar surface area (TPSA) is 51.1 Å². The second-order valence-electron chi connectivity index (χ2n) is 7.34. The second-order valence-corrected chi connectivity index (χ2v) is 7.34. The molecule has 1 aliphatic carbocycles. The van der Waals surface area contributed by atoms with Gasteiger partial charge in [-0.1, -0.05) is 25.1 Å². The highest BCUT2D eigenvalue weighted by atomic mass is 16.7. The predicted molar refractivity (Wildman–Crippen MR) is 90.1 cm³/mol. The number of ether oxygens (including phenoxy) is 1. The van der Waals surface area contributed by atoms with Crippen LogP contribution in [-0.4, -0.2) is 37.5 Å². The van der Waals surface area contributed by atoms with Crippen molar-refractivity contribution in [2.24, 2.45) is 16.8 Å². The van der Waals surface area contributed by atoms with Crippen LogP contribution in [0, 0.1) is 11.8 Å². The van der Waals surface area contributed by atoms with E-state index in [1.165, 1.54) is 10.8 Å². The number of hydrogen-bond acceptors (Lipinski definition) is 4. The molecule has 1 aromatic carbocycles. The highest BCUT2D eigenvalue weighted by Crippen LogP contribution is 2.56. The van der Waals surface area contributed by atoms with Crippen LogP contribution in [0.3, 0.4) is 0 Å². The van der Waals surface area contributed by atoms with Crippen molar-refractivity contribution >= 4 is 17.3 Å². The van der Waals surface area contributed by atoms with Crippen LogP contribution < -0.4 is 5.06 Å². The first-order valence-corrected chi connectivity index (χ1v) is 8.87. The summed E-state index contributed by atoms with van der Waals surface area (Å²) in [6, 6.07) is 8.16. The third kappa shape index (κ3) is 1.57. The largest absolute Gasteiger partial charge is 0.376 e. The normalized spacial score (nSPS) is 39.3. The van der Waals surface area contributed by atoms with Gasteiger partial charge in [-0.2, -0.15) is 5.06 Å². The van der Waals surface area contributed by atoms with Crippen molar-refractivity contribution in [1.82, 2.24) is 0 Å². The molecule has 1 aromatic rings. The van der Waals surface area contributed by atoms with Gasteiger partial charge < -0.3 is 4.74 Å². The molecule has 4 heterocycles. The number of benzene rings is 1. The van der Waals surface area contributed by atoms with Crippen molar-refractivity contribution in [1.29, 1.82) is 0 Å². The van der Waals surface area contributed by atoms with Crippen LogP contribution in [-0.2, 0) is 19.8 Å². The Balaban J connectivity index is 1.69. The zero-order chi connectivity index (χ0) is 16.5. The molecule has 1 amide bonds. The molecule has 5 atom stereocenters. The molecule has 1 unspecified atom stereocenters. The van der Waals surface area contributed by atoms with Gasteiger partial charge >= 0.3 is 0 Å². The summed E-state index contributed by atoms with van der Waals surface area (Å²) in [4.78, 5) is 23.9. The third-order valence-corrected chi connectivity index (χ3v) is 6.52. The number of hydroxylamine groups is 1. The van der Waals surface area contributed by atoms with Gasteiger partial charge in [-0.05, 0) is 30.9 Å². The monoisotopic (exact) mass is 326 g/mol. The lowest BCUT2D eigenvalue weighted by molar-refractivity contribution is -0.137. The Hall–Kier alpha value is -1.72. The van der Waals surface area contributed by atoms with Gasteiger partial charge in [0.05, 0.1) is 31.5 Å². The Bertz CT molecular complexity index is 746. The van der Waals surface area contributed by atoms with Crippen LogP contribution in [0.4, 0.5) is 5.69 Å². The van der Waals surface area contributed by atoms with E-state index in [0.29, 0.717) is 11.8 Å². The van der Waals surface area contributed by atoms with Crippen LogP contribution in [0.1, 0.15) is 31.7 Å². The van der Waals surface area contributed by atoms with Crippen molar-refractivity contribution in [2.45, 2.75) is 43.7 Å². The first-order chi connectivity index (χ1) is 11.7. The number of rotatable bonds is 2. The number of carbonyl (C=O) groups is 1. The van der Waals surface area contributed by atoms with Crippen molar-refractivity contribution < 1.29 is 14.4 Å². The maximum Gasteiger partial charge on any atom is 0.264 e. The van der Waals surface area contributed by atoms with E-state index in [2.05, 4.69) is 13.0 Å². The summed E-state index contributed by atoms with van der Waals surface area (Å²) in [6.07, 6.45) is 2.55. The van der Waals surface area contributed by atoms with Crippen LogP contribution in [0.15, 0.2) is 29.3 Å². The summed E-state index contributed by atoms with van der Waals surface area (Å²) in [5.74, 6) is 0.930. The Morgan fingerprint density at radius 1 is 1.42 bits per heavy atom. The molecule has 24 heavy (non-hydrogen) atoms. The number of hydrogen-bond donors (Lipinski definition) is 0. The number of fused-ring (bicyclic) bond motifs is 2. The standard InChI is InChI=1S/C19H22N2O3/c1-3-14-11-8-17-19(9-15(20-14)12(11)10-24-17)13-6-4-5-7-16(13)21(23-2)18(19)22/h4-7,11-12,15,17H,3,8-10H2,1-2H3/t11?,12-,15-,17-,19-/m0/s1. The number of aliphatic imine (C=N–C) groups is 1. The summed E-state index contributed by atoms with van der Waals surface area (Å²) in [5, 5.41) is 1.45. The number of carbonyl (C=O) groups excluding carboxylic acids is 1. The molecule has 4 aliphatic heterocycles. The van der Waals surface area contributed by atoms with Gasteiger partial charge in [-0.15, -0.1) is 0 Å². The molecule has 5 nitrogen and oxygen atoms in total. The summed E-state index contributed by atoms with van der Waals surface area (Å²) in [6.45, 7) is 2.90. The van der Waals surface area contributed by atoms with Crippen molar-refractivity contribution in [3.8, 4) is 0 Å². The fraction of sp³-hybridized carbons (Fsp3) is 0.579. The zero-order valence-electron chi connectivity index (χ0n) is 14.1. The van der Waals surface area contributed by atoms with Crippen molar-refractivity contribution in [3.63, 3.8) is 0 Å². The average molecular weight is 326 g/mol. The van der Waals surface area contributed by atoms with Gasteiger partial charge in [0.25, 0.3) is 5.91 Å². The van der Waals surface area contributed by atoms with Gasteiger partial charge in [0.1, 0.15) is 5.41 Å². The molecule has 6 rings (SSSR count). The maximum absolute atomic E-state index is 13.4. The highest BCUT2D eigenvalue weighted by molar-refractivity contribution is 6.07. The Labute approximate surface area is 141 Å². The summed E-state index contributed by atoms with van der Waals surface area (Å²) in [5.41, 5.74) is 2.58. The lowest BCUT2D eigenvalue weighted by atomic mass is 9.71. The third-order valence-electron chi connectivity index (χ3n) is 6.52. The second kappa shape index (κ2) is 4.90. The zero-order valence-corrected chi connectivity index (χ0v) is 14.1. The smallest absolute Gasteiger partial charge is 0.264 e. The van der Waals surface area contributed by atoms with Crippen molar-refractivity contribution in [3.05, 3.63) is 29.8 Å². The van der Waals surface area contributed by atoms with E-state index in [0.717, 1.165) is 37.1 Å². The fourth-order valence-corrected chi connectivity index (χ4v) is 5.46. The van der Waals surface area contributed by atoms with Crippen molar-refractivity contribution in [2.75, 3.05) is 18.8 Å².